The van der Waals surface area contributed by atoms with Crippen molar-refractivity contribution in [2.24, 2.45) is 5.73 Å². The molecule has 1 aromatic rings. The second-order valence-electron chi connectivity index (χ2n) is 8.98. The summed E-state index contributed by atoms with van der Waals surface area (Å²) < 4.78 is 11.8. The molecule has 6 nitrogen and oxygen atoms in total. The van der Waals surface area contributed by atoms with Crippen LogP contribution in [0.1, 0.15) is 52.0 Å². The molecule has 2 saturated heterocycles. The molecule has 0 bridgehead atoms. The van der Waals surface area contributed by atoms with Crippen molar-refractivity contribution in [1.82, 2.24) is 4.90 Å². The monoisotopic (exact) mass is 423 g/mol. The fraction of sp³-hybridized carbons (Fsp3) is 0.682. The Balaban J connectivity index is 1.42. The lowest BCUT2D eigenvalue weighted by Gasteiger charge is -2.38. The van der Waals surface area contributed by atoms with Gasteiger partial charge in [0.15, 0.2) is 0 Å². The van der Waals surface area contributed by atoms with E-state index in [4.69, 9.17) is 26.8 Å². The number of hydrogen-bond acceptors (Lipinski definition) is 5. The molecule has 2 N–H and O–H groups in total. The van der Waals surface area contributed by atoms with Gasteiger partial charge in [0, 0.05) is 32.7 Å². The van der Waals surface area contributed by atoms with Crippen LogP contribution in [0.3, 0.4) is 0 Å². The van der Waals surface area contributed by atoms with Gasteiger partial charge in [-0.2, -0.15) is 0 Å². The molecule has 2 heterocycles. The van der Waals surface area contributed by atoms with Crippen LogP contribution < -0.4 is 10.6 Å². The quantitative estimate of drug-likeness (QED) is 0.786. The summed E-state index contributed by atoms with van der Waals surface area (Å²) in [5, 5.41) is 0.766. The van der Waals surface area contributed by atoms with Gasteiger partial charge in [-0.25, -0.2) is 4.79 Å². The Morgan fingerprint density at radius 1 is 1.10 bits per heavy atom. The lowest BCUT2D eigenvalue weighted by atomic mass is 10.0. The summed E-state index contributed by atoms with van der Waals surface area (Å²) in [5.41, 5.74) is 7.36. The van der Waals surface area contributed by atoms with Crippen molar-refractivity contribution in [2.45, 2.75) is 70.8 Å². The fourth-order valence-electron chi connectivity index (χ4n) is 3.94. The molecule has 2 fully saturated rings. The maximum Gasteiger partial charge on any atom is 0.410 e. The Kier molecular flexibility index (Phi) is 7.30. The van der Waals surface area contributed by atoms with Gasteiger partial charge in [0.2, 0.25) is 0 Å². The minimum Gasteiger partial charge on any atom is -0.444 e. The highest BCUT2D eigenvalue weighted by atomic mass is 35.5. The number of hydrogen-bond donors (Lipinski definition) is 1. The average Bonchev–Trinajstić information content (AvgIpc) is 2.68. The van der Waals surface area contributed by atoms with E-state index in [1.807, 2.05) is 32.9 Å². The largest absolute Gasteiger partial charge is 0.444 e. The van der Waals surface area contributed by atoms with Crippen molar-refractivity contribution in [2.75, 3.05) is 31.1 Å². The predicted octanol–water partition coefficient (Wildman–Crippen LogP) is 4.18. The normalized spacial score (nSPS) is 19.5. The molecule has 7 heteroatoms. The molecule has 0 radical (unpaired) electrons. The van der Waals surface area contributed by atoms with Gasteiger partial charge >= 0.3 is 6.09 Å². The molecule has 3 rings (SSSR count). The summed E-state index contributed by atoms with van der Waals surface area (Å²) in [5.74, 6) is 0. The molecule has 29 heavy (non-hydrogen) atoms. The van der Waals surface area contributed by atoms with Gasteiger partial charge in [0.05, 0.1) is 22.9 Å². The van der Waals surface area contributed by atoms with Crippen LogP contribution in [0.5, 0.6) is 0 Å². The Labute approximate surface area is 179 Å². The molecule has 1 aromatic carbocycles. The van der Waals surface area contributed by atoms with Gasteiger partial charge in [-0.3, -0.25) is 0 Å². The molecule has 0 spiro atoms. The van der Waals surface area contributed by atoms with Crippen LogP contribution in [-0.4, -0.2) is 55.0 Å². The second kappa shape index (κ2) is 9.54. The summed E-state index contributed by atoms with van der Waals surface area (Å²) in [4.78, 5) is 16.3. The third kappa shape index (κ3) is 6.24. The van der Waals surface area contributed by atoms with Gasteiger partial charge in [-0.1, -0.05) is 17.7 Å². The summed E-state index contributed by atoms with van der Waals surface area (Å²) in [6, 6.07) is 6.07. The highest BCUT2D eigenvalue weighted by Crippen LogP contribution is 2.30. The number of piperidine rings is 2. The van der Waals surface area contributed by atoms with E-state index in [1.54, 1.807) is 4.90 Å². The van der Waals surface area contributed by atoms with Crippen molar-refractivity contribution in [3.8, 4) is 0 Å². The first-order valence-corrected chi connectivity index (χ1v) is 11.0. The molecular weight excluding hydrogens is 390 g/mol. The number of rotatable bonds is 4. The number of nitrogens with zero attached hydrogens (tertiary/aromatic N) is 2. The standard InChI is InChI=1S/C22H34ClN3O3/c1-22(2,3)29-21(27)26-12-8-18(9-13-26)28-17-6-10-25(11-7-17)20-5-4-16(15-24)14-19(20)23/h4-5,14,17-18H,6-13,15,24H2,1-3H3. The number of nitrogens with two attached hydrogens (primary N) is 1. The molecule has 0 atom stereocenters. The highest BCUT2D eigenvalue weighted by molar-refractivity contribution is 6.33. The number of ether oxygens (including phenoxy) is 2. The Bertz CT molecular complexity index is 691. The Hall–Kier alpha value is -1.50. The van der Waals surface area contributed by atoms with Crippen molar-refractivity contribution < 1.29 is 14.3 Å². The maximum atomic E-state index is 12.2. The van der Waals surface area contributed by atoms with E-state index in [2.05, 4.69) is 11.0 Å². The van der Waals surface area contributed by atoms with Crippen molar-refractivity contribution in [1.29, 1.82) is 0 Å². The minimum atomic E-state index is -0.452. The number of carbonyl (C=O) groups excluding carboxylic acids is 1. The average molecular weight is 424 g/mol. The third-order valence-corrected chi connectivity index (χ3v) is 5.81. The van der Waals surface area contributed by atoms with Crippen LogP contribution in [0, 0.1) is 0 Å². The number of halogens is 1. The number of benzene rings is 1. The Morgan fingerprint density at radius 2 is 1.69 bits per heavy atom. The van der Waals surface area contributed by atoms with E-state index in [0.29, 0.717) is 19.6 Å². The van der Waals surface area contributed by atoms with Crippen molar-refractivity contribution in [3.05, 3.63) is 28.8 Å². The first kappa shape index (κ1) is 22.2. The van der Waals surface area contributed by atoms with E-state index in [9.17, 15) is 4.79 Å². The van der Waals surface area contributed by atoms with E-state index in [1.165, 1.54) is 0 Å². The van der Waals surface area contributed by atoms with Crippen molar-refractivity contribution >= 4 is 23.4 Å². The molecule has 1 amide bonds. The van der Waals surface area contributed by atoms with Crippen LogP contribution in [-0.2, 0) is 16.0 Å². The molecular formula is C22H34ClN3O3. The lowest BCUT2D eigenvalue weighted by molar-refractivity contribution is -0.0535. The molecule has 0 saturated carbocycles. The minimum absolute atomic E-state index is 0.220. The van der Waals surface area contributed by atoms with Crippen LogP contribution in [0.15, 0.2) is 18.2 Å². The van der Waals surface area contributed by atoms with Crippen LogP contribution in [0.4, 0.5) is 10.5 Å². The molecule has 2 aliphatic heterocycles. The predicted molar refractivity (Wildman–Crippen MR) is 116 cm³/mol. The SMILES string of the molecule is CC(C)(C)OC(=O)N1CCC(OC2CCN(c3ccc(CN)cc3Cl)CC2)CC1. The van der Waals surface area contributed by atoms with Gasteiger partial charge in [-0.15, -0.1) is 0 Å². The summed E-state index contributed by atoms with van der Waals surface area (Å²) in [7, 11) is 0. The molecule has 0 unspecified atom stereocenters. The summed E-state index contributed by atoms with van der Waals surface area (Å²) in [6.07, 6.45) is 3.98. The van der Waals surface area contributed by atoms with Gasteiger partial charge in [0.1, 0.15) is 5.60 Å². The first-order valence-electron chi connectivity index (χ1n) is 10.6. The van der Waals surface area contributed by atoms with Gasteiger partial charge in [0.25, 0.3) is 0 Å². The lowest BCUT2D eigenvalue weighted by Crippen LogP contribution is -2.45. The third-order valence-electron chi connectivity index (χ3n) is 5.51. The zero-order chi connectivity index (χ0) is 21.0. The number of anilines is 1. The van der Waals surface area contributed by atoms with Crippen LogP contribution >= 0.6 is 11.6 Å². The maximum absolute atomic E-state index is 12.2. The summed E-state index contributed by atoms with van der Waals surface area (Å²) >= 11 is 6.44. The van der Waals surface area contributed by atoms with Crippen LogP contribution in [0.2, 0.25) is 5.02 Å². The number of carbonyl (C=O) groups is 1. The molecule has 0 aromatic heterocycles. The molecule has 0 aliphatic carbocycles. The van der Waals surface area contributed by atoms with E-state index in [0.717, 1.165) is 55.0 Å². The van der Waals surface area contributed by atoms with Gasteiger partial charge in [-0.05, 0) is 64.2 Å². The second-order valence-corrected chi connectivity index (χ2v) is 9.39. The summed E-state index contributed by atoms with van der Waals surface area (Å²) in [6.45, 7) is 9.45. The van der Waals surface area contributed by atoms with Gasteiger partial charge < -0.3 is 25.0 Å². The highest BCUT2D eigenvalue weighted by Gasteiger charge is 2.30. The first-order chi connectivity index (χ1) is 13.7. The number of likely N-dealkylation sites (tertiary alicyclic amines) is 1. The molecule has 2 aliphatic rings. The fourth-order valence-corrected chi connectivity index (χ4v) is 4.26. The van der Waals surface area contributed by atoms with E-state index in [-0.39, 0.29) is 18.3 Å². The van der Waals surface area contributed by atoms with E-state index >= 15 is 0 Å². The molecule has 162 valence electrons. The van der Waals surface area contributed by atoms with E-state index < -0.39 is 5.60 Å². The zero-order valence-corrected chi connectivity index (χ0v) is 18.6. The number of amides is 1. The smallest absolute Gasteiger partial charge is 0.410 e. The van der Waals surface area contributed by atoms with Crippen LogP contribution in [0.25, 0.3) is 0 Å². The zero-order valence-electron chi connectivity index (χ0n) is 17.8. The van der Waals surface area contributed by atoms with Crippen molar-refractivity contribution in [3.63, 3.8) is 0 Å². The Morgan fingerprint density at radius 3 is 2.21 bits per heavy atom. The topological polar surface area (TPSA) is 68.0 Å².